The number of rotatable bonds is 5. The second kappa shape index (κ2) is 6.93. The molecule has 0 aliphatic heterocycles. The van der Waals surface area contributed by atoms with Crippen molar-refractivity contribution in [2.75, 3.05) is 7.11 Å². The maximum Gasteiger partial charge on any atom is 0.0936 e. The van der Waals surface area contributed by atoms with Gasteiger partial charge in [-0.05, 0) is 25.7 Å². The van der Waals surface area contributed by atoms with E-state index in [0.717, 1.165) is 32.1 Å². The van der Waals surface area contributed by atoms with Crippen molar-refractivity contribution in [2.45, 2.75) is 69.5 Å². The van der Waals surface area contributed by atoms with Crippen molar-refractivity contribution in [3.8, 4) is 12.3 Å². The number of hydrogen-bond donors (Lipinski definition) is 1. The summed E-state index contributed by atoms with van der Waals surface area (Å²) >= 11 is 0. The van der Waals surface area contributed by atoms with E-state index in [1.807, 2.05) is 0 Å². The first kappa shape index (κ1) is 13.5. The van der Waals surface area contributed by atoms with E-state index in [1.165, 1.54) is 25.7 Å². The van der Waals surface area contributed by atoms with Gasteiger partial charge in [0.05, 0.1) is 11.7 Å². The number of terminal acetylenes is 1. The molecular formula is C14H24O2. The van der Waals surface area contributed by atoms with Gasteiger partial charge >= 0.3 is 0 Å². The minimum absolute atomic E-state index is 0.300. The van der Waals surface area contributed by atoms with Gasteiger partial charge in [0.25, 0.3) is 0 Å². The molecule has 0 saturated heterocycles. The monoisotopic (exact) mass is 224 g/mol. The molecule has 0 bridgehead atoms. The van der Waals surface area contributed by atoms with E-state index in [1.54, 1.807) is 7.11 Å². The first-order valence-corrected chi connectivity index (χ1v) is 6.42. The number of methoxy groups -OCH3 is 1. The highest BCUT2D eigenvalue weighted by Crippen LogP contribution is 2.34. The second-order valence-electron chi connectivity index (χ2n) is 4.80. The van der Waals surface area contributed by atoms with Crippen LogP contribution in [0.1, 0.15) is 57.8 Å². The predicted octanol–water partition coefficient (Wildman–Crippen LogP) is 2.89. The van der Waals surface area contributed by atoms with Crippen molar-refractivity contribution in [2.24, 2.45) is 0 Å². The van der Waals surface area contributed by atoms with Gasteiger partial charge in [0.1, 0.15) is 0 Å². The third-order valence-electron chi connectivity index (χ3n) is 3.76. The predicted molar refractivity (Wildman–Crippen MR) is 66.1 cm³/mol. The first-order valence-electron chi connectivity index (χ1n) is 6.42. The largest absolute Gasteiger partial charge is 0.390 e. The molecule has 1 saturated carbocycles. The molecule has 1 aliphatic rings. The second-order valence-corrected chi connectivity index (χ2v) is 4.80. The smallest absolute Gasteiger partial charge is 0.0936 e. The molecule has 92 valence electrons. The molecule has 0 aromatic heterocycles. The molecule has 0 aromatic rings. The summed E-state index contributed by atoms with van der Waals surface area (Å²) in [5.41, 5.74) is -0.300. The van der Waals surface area contributed by atoms with Gasteiger partial charge in [0.15, 0.2) is 0 Å². The summed E-state index contributed by atoms with van der Waals surface area (Å²) in [6, 6.07) is 0. The molecule has 0 spiro atoms. The van der Waals surface area contributed by atoms with E-state index in [4.69, 9.17) is 11.2 Å². The summed E-state index contributed by atoms with van der Waals surface area (Å²) in [6.45, 7) is 0. The lowest BCUT2D eigenvalue weighted by Crippen LogP contribution is -2.43. The number of unbranched alkanes of at least 4 members (excludes halogenated alkanes) is 1. The fourth-order valence-electron chi connectivity index (χ4n) is 2.66. The maximum atomic E-state index is 10.3. The van der Waals surface area contributed by atoms with Gasteiger partial charge in [-0.2, -0.15) is 0 Å². The zero-order valence-corrected chi connectivity index (χ0v) is 10.4. The summed E-state index contributed by atoms with van der Waals surface area (Å²) in [5, 5.41) is 10.3. The SMILES string of the molecule is C#CCCCC(O)C1(OC)CCCCCC1. The highest BCUT2D eigenvalue weighted by molar-refractivity contribution is 4.91. The highest BCUT2D eigenvalue weighted by Gasteiger charge is 2.37. The van der Waals surface area contributed by atoms with Crippen LogP contribution in [0.15, 0.2) is 0 Å². The molecule has 1 fully saturated rings. The van der Waals surface area contributed by atoms with Crippen LogP contribution in [0, 0.1) is 12.3 Å². The molecule has 1 rings (SSSR count). The molecule has 2 nitrogen and oxygen atoms in total. The Balaban J connectivity index is 2.51. The third-order valence-corrected chi connectivity index (χ3v) is 3.76. The van der Waals surface area contributed by atoms with Gasteiger partial charge in [0.2, 0.25) is 0 Å². The summed E-state index contributed by atoms with van der Waals surface area (Å²) in [7, 11) is 1.73. The summed E-state index contributed by atoms with van der Waals surface area (Å²) in [6.07, 6.45) is 14.1. The average Bonchev–Trinajstić information content (AvgIpc) is 2.55. The molecular weight excluding hydrogens is 200 g/mol. The Labute approximate surface area is 99.4 Å². The van der Waals surface area contributed by atoms with E-state index in [2.05, 4.69) is 5.92 Å². The Morgan fingerprint density at radius 1 is 1.31 bits per heavy atom. The Morgan fingerprint density at radius 2 is 1.94 bits per heavy atom. The van der Waals surface area contributed by atoms with Crippen molar-refractivity contribution >= 4 is 0 Å². The number of hydrogen-bond acceptors (Lipinski definition) is 2. The Hall–Kier alpha value is -0.520. The molecule has 1 aliphatic carbocycles. The molecule has 0 aromatic carbocycles. The van der Waals surface area contributed by atoms with E-state index in [9.17, 15) is 5.11 Å². The fraction of sp³-hybridized carbons (Fsp3) is 0.857. The standard InChI is InChI=1S/C14H24O2/c1-3-4-7-10-13(15)14(16-2)11-8-5-6-9-12-14/h1,13,15H,4-12H2,2H3. The number of aliphatic hydroxyl groups is 1. The van der Waals surface area contributed by atoms with Gasteiger partial charge in [-0.15, -0.1) is 12.3 Å². The van der Waals surface area contributed by atoms with Crippen molar-refractivity contribution in [1.82, 2.24) is 0 Å². The first-order chi connectivity index (χ1) is 7.75. The van der Waals surface area contributed by atoms with Gasteiger partial charge in [-0.1, -0.05) is 25.7 Å². The van der Waals surface area contributed by atoms with Gasteiger partial charge in [-0.3, -0.25) is 0 Å². The lowest BCUT2D eigenvalue weighted by atomic mass is 9.85. The minimum atomic E-state index is -0.357. The van der Waals surface area contributed by atoms with E-state index >= 15 is 0 Å². The normalized spacial score (nSPS) is 22.1. The molecule has 1 N–H and O–H groups in total. The molecule has 0 amide bonds. The van der Waals surface area contributed by atoms with Crippen LogP contribution in [0.3, 0.4) is 0 Å². The molecule has 1 atom stereocenters. The zero-order valence-electron chi connectivity index (χ0n) is 10.4. The van der Waals surface area contributed by atoms with Crippen LogP contribution >= 0.6 is 0 Å². The zero-order chi connectivity index (χ0) is 11.9. The Morgan fingerprint density at radius 3 is 2.44 bits per heavy atom. The minimum Gasteiger partial charge on any atom is -0.390 e. The van der Waals surface area contributed by atoms with Crippen molar-refractivity contribution in [1.29, 1.82) is 0 Å². The summed E-state index contributed by atoms with van der Waals surface area (Å²) < 4.78 is 5.65. The van der Waals surface area contributed by atoms with Gasteiger partial charge in [-0.25, -0.2) is 0 Å². The lowest BCUT2D eigenvalue weighted by molar-refractivity contribution is -0.114. The number of ether oxygens (including phenoxy) is 1. The van der Waals surface area contributed by atoms with Crippen molar-refractivity contribution < 1.29 is 9.84 Å². The Kier molecular flexibility index (Phi) is 5.87. The van der Waals surface area contributed by atoms with Crippen LogP contribution < -0.4 is 0 Å². The molecule has 2 heteroatoms. The highest BCUT2D eigenvalue weighted by atomic mass is 16.5. The van der Waals surface area contributed by atoms with Crippen LogP contribution in [-0.4, -0.2) is 23.9 Å². The van der Waals surface area contributed by atoms with Crippen LogP contribution in [-0.2, 0) is 4.74 Å². The number of aliphatic hydroxyl groups excluding tert-OH is 1. The van der Waals surface area contributed by atoms with Crippen molar-refractivity contribution in [3.05, 3.63) is 0 Å². The van der Waals surface area contributed by atoms with Crippen LogP contribution in [0.2, 0.25) is 0 Å². The third kappa shape index (κ3) is 3.50. The van der Waals surface area contributed by atoms with Crippen LogP contribution in [0.5, 0.6) is 0 Å². The topological polar surface area (TPSA) is 29.5 Å². The van der Waals surface area contributed by atoms with Gasteiger partial charge < -0.3 is 9.84 Å². The summed E-state index contributed by atoms with van der Waals surface area (Å²) in [5.74, 6) is 2.62. The van der Waals surface area contributed by atoms with E-state index < -0.39 is 0 Å². The van der Waals surface area contributed by atoms with Crippen molar-refractivity contribution in [3.63, 3.8) is 0 Å². The van der Waals surface area contributed by atoms with Crippen LogP contribution in [0.25, 0.3) is 0 Å². The molecule has 1 unspecified atom stereocenters. The summed E-state index contributed by atoms with van der Waals surface area (Å²) in [4.78, 5) is 0. The van der Waals surface area contributed by atoms with E-state index in [0.29, 0.717) is 0 Å². The van der Waals surface area contributed by atoms with E-state index in [-0.39, 0.29) is 11.7 Å². The molecule has 16 heavy (non-hydrogen) atoms. The Bertz CT molecular complexity index is 221. The fourth-order valence-corrected chi connectivity index (χ4v) is 2.66. The molecule has 0 radical (unpaired) electrons. The molecule has 0 heterocycles. The van der Waals surface area contributed by atoms with Crippen LogP contribution in [0.4, 0.5) is 0 Å². The van der Waals surface area contributed by atoms with Gasteiger partial charge in [0, 0.05) is 13.5 Å². The quantitative estimate of drug-likeness (QED) is 0.442. The maximum absolute atomic E-state index is 10.3. The lowest BCUT2D eigenvalue weighted by Gasteiger charge is -2.36. The average molecular weight is 224 g/mol.